The monoisotopic (exact) mass is 386 g/mol. The fourth-order valence-corrected chi connectivity index (χ4v) is 3.73. The van der Waals surface area contributed by atoms with Crippen molar-refractivity contribution in [3.63, 3.8) is 0 Å². The number of nitrogens with zero attached hydrogens (tertiary/aromatic N) is 1. The Kier molecular flexibility index (Phi) is 6.11. The zero-order valence-electron chi connectivity index (χ0n) is 16.3. The van der Waals surface area contributed by atoms with Gasteiger partial charge in [0.25, 0.3) is 17.7 Å². The van der Waals surface area contributed by atoms with Crippen molar-refractivity contribution < 1.29 is 23.9 Å². The maximum absolute atomic E-state index is 12.8. The molecule has 1 heterocycles. The van der Waals surface area contributed by atoms with Crippen LogP contribution in [0.5, 0.6) is 0 Å². The maximum Gasteiger partial charge on any atom is 0.338 e. The van der Waals surface area contributed by atoms with Crippen LogP contribution in [0.15, 0.2) is 18.2 Å². The fraction of sp³-hybridized carbons (Fsp3) is 0.524. The highest BCUT2D eigenvalue weighted by atomic mass is 16.5. The summed E-state index contributed by atoms with van der Waals surface area (Å²) in [7, 11) is 0. The van der Waals surface area contributed by atoms with E-state index in [0.717, 1.165) is 38.5 Å². The van der Waals surface area contributed by atoms with Gasteiger partial charge in [-0.2, -0.15) is 0 Å². The van der Waals surface area contributed by atoms with Gasteiger partial charge in [-0.15, -0.1) is 0 Å². The van der Waals surface area contributed by atoms with E-state index in [4.69, 9.17) is 4.74 Å². The Balaban J connectivity index is 1.73. The molecule has 0 aromatic heterocycles. The van der Waals surface area contributed by atoms with E-state index in [9.17, 15) is 19.2 Å². The van der Waals surface area contributed by atoms with Crippen LogP contribution in [-0.2, 0) is 9.53 Å². The summed E-state index contributed by atoms with van der Waals surface area (Å²) in [6, 6.07) is 4.29. The maximum atomic E-state index is 12.8. The second-order valence-corrected chi connectivity index (χ2v) is 7.37. The molecule has 1 N–H and O–H groups in total. The van der Waals surface area contributed by atoms with Gasteiger partial charge in [0.05, 0.1) is 16.7 Å². The standard InChI is InChI=1S/C21H26N2O5/c1-3-11-22-18(24)13(2)28-21(27)14-9-10-16-17(12-14)20(26)23(19(16)25)15-7-5-4-6-8-15/h9-10,12-13,15H,3-8,11H2,1-2H3,(H,22,24). The lowest BCUT2D eigenvalue weighted by molar-refractivity contribution is -0.129. The summed E-state index contributed by atoms with van der Waals surface area (Å²) in [4.78, 5) is 51.1. The van der Waals surface area contributed by atoms with Crippen LogP contribution in [0, 0.1) is 0 Å². The number of nitrogens with one attached hydrogen (secondary N) is 1. The van der Waals surface area contributed by atoms with Gasteiger partial charge in [-0.05, 0) is 44.4 Å². The molecule has 0 saturated heterocycles. The Morgan fingerprint density at radius 1 is 1.14 bits per heavy atom. The highest BCUT2D eigenvalue weighted by molar-refractivity contribution is 6.22. The number of amides is 3. The number of esters is 1. The molecule has 1 fully saturated rings. The minimum absolute atomic E-state index is 0.0705. The van der Waals surface area contributed by atoms with Crippen molar-refractivity contribution in [1.82, 2.24) is 10.2 Å². The molecule has 150 valence electrons. The lowest BCUT2D eigenvalue weighted by Gasteiger charge is -2.29. The summed E-state index contributed by atoms with van der Waals surface area (Å²) in [5.41, 5.74) is 0.703. The Hall–Kier alpha value is -2.70. The lowest BCUT2D eigenvalue weighted by atomic mass is 9.94. The predicted octanol–water partition coefficient (Wildman–Crippen LogP) is 2.69. The first kappa shape index (κ1) is 20.0. The van der Waals surface area contributed by atoms with Crippen LogP contribution in [0.4, 0.5) is 0 Å². The molecule has 1 saturated carbocycles. The van der Waals surface area contributed by atoms with E-state index < -0.39 is 12.1 Å². The van der Waals surface area contributed by atoms with Crippen molar-refractivity contribution in [1.29, 1.82) is 0 Å². The van der Waals surface area contributed by atoms with Crippen LogP contribution in [0.25, 0.3) is 0 Å². The van der Waals surface area contributed by atoms with E-state index in [-0.39, 0.29) is 34.9 Å². The van der Waals surface area contributed by atoms with Crippen LogP contribution in [0.1, 0.15) is 83.4 Å². The first-order valence-electron chi connectivity index (χ1n) is 9.94. The molecule has 1 aliphatic heterocycles. The molecule has 28 heavy (non-hydrogen) atoms. The molecule has 1 unspecified atom stereocenters. The molecule has 1 atom stereocenters. The van der Waals surface area contributed by atoms with Gasteiger partial charge in [-0.1, -0.05) is 26.2 Å². The lowest BCUT2D eigenvalue weighted by Crippen LogP contribution is -2.40. The third kappa shape index (κ3) is 3.93. The summed E-state index contributed by atoms with van der Waals surface area (Å²) in [6.45, 7) is 3.93. The average Bonchev–Trinajstić information content (AvgIpc) is 2.96. The number of rotatable bonds is 6. The molecule has 2 aliphatic rings. The molecule has 7 nitrogen and oxygen atoms in total. The van der Waals surface area contributed by atoms with Crippen LogP contribution < -0.4 is 5.32 Å². The van der Waals surface area contributed by atoms with Gasteiger partial charge in [0.2, 0.25) is 0 Å². The zero-order chi connectivity index (χ0) is 20.3. The van der Waals surface area contributed by atoms with Gasteiger partial charge in [-0.3, -0.25) is 19.3 Å². The summed E-state index contributed by atoms with van der Waals surface area (Å²) in [5.74, 6) is -1.71. The molecule has 3 amide bonds. The van der Waals surface area contributed by atoms with E-state index in [1.165, 1.54) is 30.0 Å². The van der Waals surface area contributed by atoms with Gasteiger partial charge in [0.15, 0.2) is 6.10 Å². The minimum atomic E-state index is -0.941. The van der Waals surface area contributed by atoms with Crippen LogP contribution in [0.2, 0.25) is 0 Å². The highest BCUT2D eigenvalue weighted by Crippen LogP contribution is 2.31. The Morgan fingerprint density at radius 3 is 2.50 bits per heavy atom. The van der Waals surface area contributed by atoms with Crippen LogP contribution in [0.3, 0.4) is 0 Å². The second kappa shape index (κ2) is 8.54. The van der Waals surface area contributed by atoms with Gasteiger partial charge < -0.3 is 10.1 Å². The van der Waals surface area contributed by atoms with Gasteiger partial charge in [-0.25, -0.2) is 4.79 Å². The second-order valence-electron chi connectivity index (χ2n) is 7.37. The molecule has 1 aliphatic carbocycles. The number of hydrogen-bond acceptors (Lipinski definition) is 5. The van der Waals surface area contributed by atoms with Crippen molar-refractivity contribution >= 4 is 23.7 Å². The molecule has 0 spiro atoms. The quantitative estimate of drug-likeness (QED) is 0.599. The molecule has 1 aromatic rings. The highest BCUT2D eigenvalue weighted by Gasteiger charge is 2.40. The molecular weight excluding hydrogens is 360 g/mol. The zero-order valence-corrected chi connectivity index (χ0v) is 16.3. The van der Waals surface area contributed by atoms with Gasteiger partial charge in [0, 0.05) is 12.6 Å². The van der Waals surface area contributed by atoms with Crippen molar-refractivity contribution in [2.24, 2.45) is 0 Å². The smallest absolute Gasteiger partial charge is 0.338 e. The first-order chi connectivity index (χ1) is 13.4. The topological polar surface area (TPSA) is 92.8 Å². The summed E-state index contributed by atoms with van der Waals surface area (Å²) in [6.07, 6.45) is 4.63. The van der Waals surface area contributed by atoms with Gasteiger partial charge >= 0.3 is 5.97 Å². The summed E-state index contributed by atoms with van der Waals surface area (Å²) >= 11 is 0. The number of carbonyl (C=O) groups excluding carboxylic acids is 4. The Morgan fingerprint density at radius 2 is 1.82 bits per heavy atom. The Bertz CT molecular complexity index is 798. The molecule has 3 rings (SSSR count). The number of ether oxygens (including phenoxy) is 1. The van der Waals surface area contributed by atoms with Gasteiger partial charge in [0.1, 0.15) is 0 Å². The van der Waals surface area contributed by atoms with E-state index in [1.807, 2.05) is 6.92 Å². The molecule has 0 bridgehead atoms. The van der Waals surface area contributed by atoms with E-state index in [2.05, 4.69) is 5.32 Å². The van der Waals surface area contributed by atoms with Crippen LogP contribution >= 0.6 is 0 Å². The Labute approximate surface area is 164 Å². The molecule has 1 aromatic carbocycles. The summed E-state index contributed by atoms with van der Waals surface area (Å²) in [5, 5.41) is 2.66. The van der Waals surface area contributed by atoms with Crippen LogP contribution in [-0.4, -0.2) is 47.3 Å². The average molecular weight is 386 g/mol. The molecular formula is C21H26N2O5. The number of hydrogen-bond donors (Lipinski definition) is 1. The number of carbonyl (C=O) groups is 4. The van der Waals surface area contributed by atoms with Crippen molar-refractivity contribution in [2.75, 3.05) is 6.54 Å². The van der Waals surface area contributed by atoms with Crippen molar-refractivity contribution in [3.8, 4) is 0 Å². The minimum Gasteiger partial charge on any atom is -0.449 e. The van der Waals surface area contributed by atoms with Crippen molar-refractivity contribution in [3.05, 3.63) is 34.9 Å². The largest absolute Gasteiger partial charge is 0.449 e. The summed E-state index contributed by atoms with van der Waals surface area (Å²) < 4.78 is 5.20. The van der Waals surface area contributed by atoms with E-state index >= 15 is 0 Å². The van der Waals surface area contributed by atoms with Crippen molar-refractivity contribution in [2.45, 2.75) is 64.5 Å². The molecule has 0 radical (unpaired) electrons. The predicted molar refractivity (Wildman–Crippen MR) is 102 cm³/mol. The fourth-order valence-electron chi connectivity index (χ4n) is 3.73. The van der Waals surface area contributed by atoms with E-state index in [0.29, 0.717) is 12.1 Å². The number of imide groups is 1. The first-order valence-corrected chi connectivity index (χ1v) is 9.94. The number of benzene rings is 1. The number of fused-ring (bicyclic) bond motifs is 1. The third-order valence-corrected chi connectivity index (χ3v) is 5.30. The third-order valence-electron chi connectivity index (χ3n) is 5.30. The van der Waals surface area contributed by atoms with E-state index in [1.54, 1.807) is 0 Å². The normalized spacial score (nSPS) is 18.0. The SMILES string of the molecule is CCCNC(=O)C(C)OC(=O)c1ccc2c(c1)C(=O)N(C1CCCCC1)C2=O. The molecule has 7 heteroatoms.